The van der Waals surface area contributed by atoms with E-state index < -0.39 is 11.9 Å². The van der Waals surface area contributed by atoms with E-state index in [9.17, 15) is 0 Å². The lowest BCUT2D eigenvalue weighted by molar-refractivity contribution is -0.159. The number of ether oxygens (including phenoxy) is 3. The van der Waals surface area contributed by atoms with Crippen LogP contribution in [0.2, 0.25) is 0 Å². The second-order valence-corrected chi connectivity index (χ2v) is 5.41. The maximum atomic E-state index is 9.10. The fraction of sp³-hybridized carbons (Fsp3) is 0.556. The molecule has 148 valence electrons. The van der Waals surface area contributed by atoms with E-state index in [0.717, 1.165) is 31.9 Å². The third kappa shape index (κ3) is 13.2. The molecule has 0 saturated carbocycles. The number of carboxylic acids is 2. The first-order chi connectivity index (χ1) is 12.4. The van der Waals surface area contributed by atoms with Gasteiger partial charge in [0.05, 0.1) is 13.2 Å². The van der Waals surface area contributed by atoms with Crippen molar-refractivity contribution in [3.63, 3.8) is 0 Å². The van der Waals surface area contributed by atoms with Gasteiger partial charge in [0.15, 0.2) is 0 Å². The summed E-state index contributed by atoms with van der Waals surface area (Å²) < 4.78 is 16.1. The summed E-state index contributed by atoms with van der Waals surface area (Å²) in [5.74, 6) is -2.74. The summed E-state index contributed by atoms with van der Waals surface area (Å²) in [5.41, 5.74) is 2.54. The molecule has 1 rings (SSSR count). The highest BCUT2D eigenvalue weighted by molar-refractivity contribution is 6.27. The summed E-state index contributed by atoms with van der Waals surface area (Å²) in [5, 5.41) is 18.1. The summed E-state index contributed by atoms with van der Waals surface area (Å²) >= 11 is 0. The lowest BCUT2D eigenvalue weighted by Crippen LogP contribution is -2.22. The highest BCUT2D eigenvalue weighted by atomic mass is 16.5. The Morgan fingerprint density at radius 3 is 2.23 bits per heavy atom. The Hall–Kier alpha value is -2.16. The smallest absolute Gasteiger partial charge is 0.414 e. The van der Waals surface area contributed by atoms with Crippen molar-refractivity contribution in [2.75, 3.05) is 46.6 Å². The molecule has 0 aliphatic rings. The summed E-state index contributed by atoms with van der Waals surface area (Å²) in [6.07, 6.45) is 1.03. The third-order valence-corrected chi connectivity index (χ3v) is 3.28. The lowest BCUT2D eigenvalue weighted by Gasteiger charge is -2.09. The number of hydrogen-bond acceptors (Lipinski definition) is 6. The first-order valence-corrected chi connectivity index (χ1v) is 8.32. The molecule has 0 bridgehead atoms. The molecule has 1 aromatic rings. The van der Waals surface area contributed by atoms with Crippen molar-refractivity contribution in [1.29, 1.82) is 0 Å². The predicted octanol–water partition coefficient (Wildman–Crippen LogP) is 1.48. The molecule has 0 aliphatic carbocycles. The number of carboxylic acid groups (broad SMARTS) is 2. The van der Waals surface area contributed by atoms with Gasteiger partial charge in [-0.2, -0.15) is 0 Å². The van der Waals surface area contributed by atoms with Gasteiger partial charge in [0, 0.05) is 20.3 Å². The molecule has 0 aromatic heterocycles. The number of aliphatic carboxylic acids is 2. The van der Waals surface area contributed by atoms with Gasteiger partial charge in [0.25, 0.3) is 0 Å². The molecule has 0 saturated heterocycles. The minimum atomic E-state index is -1.82. The Bertz CT molecular complexity index is 522. The summed E-state index contributed by atoms with van der Waals surface area (Å²) in [4.78, 5) is 18.2. The highest BCUT2D eigenvalue weighted by Crippen LogP contribution is 2.16. The van der Waals surface area contributed by atoms with E-state index in [1.54, 1.807) is 7.11 Å². The van der Waals surface area contributed by atoms with Crippen LogP contribution in [0.25, 0.3) is 0 Å². The van der Waals surface area contributed by atoms with Crippen LogP contribution in [0, 0.1) is 13.8 Å². The Kier molecular flexibility index (Phi) is 13.9. The lowest BCUT2D eigenvalue weighted by atomic mass is 10.1. The molecule has 0 spiro atoms. The molecule has 0 fully saturated rings. The zero-order chi connectivity index (χ0) is 19.8. The third-order valence-electron chi connectivity index (χ3n) is 3.28. The fourth-order valence-corrected chi connectivity index (χ4v) is 1.74. The van der Waals surface area contributed by atoms with Crippen LogP contribution in [0.1, 0.15) is 17.5 Å². The monoisotopic (exact) mass is 371 g/mol. The minimum Gasteiger partial charge on any atom is -0.491 e. The van der Waals surface area contributed by atoms with Gasteiger partial charge in [-0.3, -0.25) is 0 Å². The summed E-state index contributed by atoms with van der Waals surface area (Å²) in [7, 11) is 1.72. The molecule has 26 heavy (non-hydrogen) atoms. The van der Waals surface area contributed by atoms with Crippen LogP contribution in [-0.2, 0) is 19.1 Å². The molecular weight excluding hydrogens is 342 g/mol. The molecule has 0 atom stereocenters. The Morgan fingerprint density at radius 2 is 1.65 bits per heavy atom. The second kappa shape index (κ2) is 15.1. The Labute approximate surface area is 154 Å². The number of carbonyl (C=O) groups is 2. The fourth-order valence-electron chi connectivity index (χ4n) is 1.74. The largest absolute Gasteiger partial charge is 0.491 e. The van der Waals surface area contributed by atoms with Gasteiger partial charge >= 0.3 is 11.9 Å². The molecule has 0 unspecified atom stereocenters. The molecule has 8 heteroatoms. The van der Waals surface area contributed by atoms with E-state index >= 15 is 0 Å². The van der Waals surface area contributed by atoms with Crippen molar-refractivity contribution in [3.8, 4) is 5.75 Å². The van der Waals surface area contributed by atoms with Crippen molar-refractivity contribution in [2.45, 2.75) is 20.3 Å². The topological polar surface area (TPSA) is 114 Å². The molecule has 0 amide bonds. The second-order valence-electron chi connectivity index (χ2n) is 5.41. The number of methoxy groups -OCH3 is 1. The first-order valence-electron chi connectivity index (χ1n) is 8.32. The minimum absolute atomic E-state index is 0.589. The molecular formula is C18H29NO7. The summed E-state index contributed by atoms with van der Waals surface area (Å²) in [6.45, 7) is 8.75. The van der Waals surface area contributed by atoms with Gasteiger partial charge in [-0.15, -0.1) is 0 Å². The van der Waals surface area contributed by atoms with Crippen LogP contribution in [-0.4, -0.2) is 68.8 Å². The van der Waals surface area contributed by atoms with Gasteiger partial charge in [-0.25, -0.2) is 9.59 Å². The van der Waals surface area contributed by atoms with Crippen molar-refractivity contribution in [1.82, 2.24) is 5.32 Å². The number of benzene rings is 1. The maximum Gasteiger partial charge on any atom is 0.414 e. The van der Waals surface area contributed by atoms with Gasteiger partial charge in [0.1, 0.15) is 12.4 Å². The van der Waals surface area contributed by atoms with E-state index in [1.165, 1.54) is 11.1 Å². The summed E-state index contributed by atoms with van der Waals surface area (Å²) in [6, 6.07) is 6.14. The first kappa shape index (κ1) is 23.8. The van der Waals surface area contributed by atoms with E-state index in [0.29, 0.717) is 19.8 Å². The number of aryl methyl sites for hydroxylation is 2. The normalized spacial score (nSPS) is 9.96. The van der Waals surface area contributed by atoms with E-state index in [4.69, 9.17) is 34.0 Å². The van der Waals surface area contributed by atoms with Crippen molar-refractivity contribution < 1.29 is 34.0 Å². The molecule has 3 N–H and O–H groups in total. The van der Waals surface area contributed by atoms with Gasteiger partial charge in [0.2, 0.25) is 0 Å². The van der Waals surface area contributed by atoms with Gasteiger partial charge in [-0.1, -0.05) is 6.07 Å². The van der Waals surface area contributed by atoms with E-state index in [2.05, 4.69) is 31.3 Å². The van der Waals surface area contributed by atoms with Gasteiger partial charge < -0.3 is 29.7 Å². The van der Waals surface area contributed by atoms with Crippen molar-refractivity contribution in [3.05, 3.63) is 29.3 Å². The van der Waals surface area contributed by atoms with Crippen LogP contribution >= 0.6 is 0 Å². The quantitative estimate of drug-likeness (QED) is 0.396. The van der Waals surface area contributed by atoms with Crippen molar-refractivity contribution in [2.24, 2.45) is 0 Å². The van der Waals surface area contributed by atoms with E-state index in [-0.39, 0.29) is 0 Å². The van der Waals surface area contributed by atoms with Crippen molar-refractivity contribution >= 4 is 11.9 Å². The zero-order valence-electron chi connectivity index (χ0n) is 15.6. The van der Waals surface area contributed by atoms with Crippen LogP contribution in [0.3, 0.4) is 0 Å². The Morgan fingerprint density at radius 1 is 0.962 bits per heavy atom. The molecule has 1 aromatic carbocycles. The average Bonchev–Trinajstić information content (AvgIpc) is 2.60. The number of rotatable bonds is 11. The molecule has 0 heterocycles. The number of nitrogens with one attached hydrogen (secondary N) is 1. The molecule has 8 nitrogen and oxygen atoms in total. The molecule has 0 aliphatic heterocycles. The zero-order valence-corrected chi connectivity index (χ0v) is 15.6. The predicted molar refractivity (Wildman–Crippen MR) is 96.9 cm³/mol. The van der Waals surface area contributed by atoms with Crippen LogP contribution in [0.5, 0.6) is 5.75 Å². The van der Waals surface area contributed by atoms with E-state index in [1.807, 2.05) is 6.07 Å². The highest BCUT2D eigenvalue weighted by Gasteiger charge is 2.04. The van der Waals surface area contributed by atoms with Crippen LogP contribution in [0.15, 0.2) is 18.2 Å². The molecule has 0 radical (unpaired) electrons. The standard InChI is InChI=1S/C16H27NO3.C2H2O4/c1-14-5-6-16(13-15(14)2)20-12-11-19-10-8-17-7-4-9-18-3;3-1(4)2(5)6/h5-6,13,17H,4,7-12H2,1-3H3;(H,3,4)(H,5,6). The number of hydrogen-bond donors (Lipinski definition) is 3. The van der Waals surface area contributed by atoms with Crippen LogP contribution in [0.4, 0.5) is 0 Å². The van der Waals surface area contributed by atoms with Gasteiger partial charge in [-0.05, 0) is 50.1 Å². The Balaban J connectivity index is 0.000000896. The van der Waals surface area contributed by atoms with Crippen LogP contribution < -0.4 is 10.1 Å². The average molecular weight is 371 g/mol. The maximum absolute atomic E-state index is 9.10. The SMILES string of the molecule is COCCCNCCOCCOc1ccc(C)c(C)c1.O=C(O)C(=O)O.